The summed E-state index contributed by atoms with van der Waals surface area (Å²) in [5, 5.41) is 11.5. The van der Waals surface area contributed by atoms with Crippen LogP contribution in [0.25, 0.3) is 6.08 Å². The monoisotopic (exact) mass is 403 g/mol. The number of hydrogen-bond donors (Lipinski definition) is 3. The fourth-order valence-corrected chi connectivity index (χ4v) is 2.69. The molecule has 0 saturated heterocycles. The predicted octanol–water partition coefficient (Wildman–Crippen LogP) is 4.26. The molecule has 7 heteroatoms. The molecule has 3 aromatic rings. The largest absolute Gasteiger partial charge is 0.438 e. The Bertz CT molecular complexity index is 1090. The van der Waals surface area contributed by atoms with Crippen molar-refractivity contribution in [3.05, 3.63) is 89.1 Å². The van der Waals surface area contributed by atoms with Crippen LogP contribution in [0.2, 0.25) is 0 Å². The molecular weight excluding hydrogens is 382 g/mol. The van der Waals surface area contributed by atoms with E-state index in [0.717, 1.165) is 11.1 Å². The minimum atomic E-state index is -0.671. The summed E-state index contributed by atoms with van der Waals surface area (Å²) in [6.45, 7) is 3.87. The number of anilines is 1. The molecule has 0 aliphatic heterocycles. The number of carbonyl (C=O) groups excluding carboxylic acids is 2. The van der Waals surface area contributed by atoms with E-state index >= 15 is 0 Å². The molecule has 1 heterocycles. The Morgan fingerprint density at radius 1 is 1.03 bits per heavy atom. The van der Waals surface area contributed by atoms with Gasteiger partial charge in [0.05, 0.1) is 0 Å². The predicted molar refractivity (Wildman–Crippen MR) is 114 cm³/mol. The minimum absolute atomic E-state index is 0.183. The van der Waals surface area contributed by atoms with Gasteiger partial charge in [0.15, 0.2) is 0 Å². The van der Waals surface area contributed by atoms with Crippen LogP contribution in [-0.4, -0.2) is 22.0 Å². The summed E-state index contributed by atoms with van der Waals surface area (Å²) < 4.78 is 5.80. The Kier molecular flexibility index (Phi) is 6.56. The summed E-state index contributed by atoms with van der Waals surface area (Å²) in [6.07, 6.45) is 4.22. The molecule has 0 atom stereocenters. The van der Waals surface area contributed by atoms with Crippen LogP contribution >= 0.6 is 0 Å². The summed E-state index contributed by atoms with van der Waals surface area (Å²) in [7, 11) is 0. The van der Waals surface area contributed by atoms with E-state index in [0.29, 0.717) is 17.0 Å². The number of hydroxylamine groups is 1. The maximum atomic E-state index is 12.9. The average Bonchev–Trinajstić information content (AvgIpc) is 2.75. The van der Waals surface area contributed by atoms with E-state index in [1.165, 1.54) is 17.6 Å². The average molecular weight is 403 g/mol. The quantitative estimate of drug-likeness (QED) is 0.324. The number of hydrogen-bond acceptors (Lipinski definition) is 5. The van der Waals surface area contributed by atoms with E-state index in [9.17, 15) is 9.59 Å². The first-order valence-corrected chi connectivity index (χ1v) is 9.20. The SMILES string of the molecule is Cc1ccc(Oc2ncccc2C(=O)Nc2ccc(C)cc2/C=C/C(=O)NO)cc1. The normalized spacial score (nSPS) is 10.6. The first-order valence-electron chi connectivity index (χ1n) is 9.20. The van der Waals surface area contributed by atoms with Gasteiger partial charge in [-0.3, -0.25) is 14.8 Å². The standard InChI is InChI=1S/C23H21N3O4/c1-15-5-9-18(10-6-15)30-23-19(4-3-13-24-23)22(28)25-20-11-7-16(2)14-17(20)8-12-21(27)26-29/h3-14,29H,1-2H3,(H,25,28)(H,26,27)/b12-8+. The van der Waals surface area contributed by atoms with Crippen molar-refractivity contribution in [1.29, 1.82) is 0 Å². The van der Waals surface area contributed by atoms with E-state index in [-0.39, 0.29) is 11.4 Å². The summed E-state index contributed by atoms with van der Waals surface area (Å²) >= 11 is 0. The number of nitrogens with zero attached hydrogens (tertiary/aromatic N) is 1. The van der Waals surface area contributed by atoms with Crippen molar-refractivity contribution in [1.82, 2.24) is 10.5 Å². The zero-order chi connectivity index (χ0) is 21.5. The number of rotatable bonds is 6. The van der Waals surface area contributed by atoms with Crippen molar-refractivity contribution in [2.45, 2.75) is 13.8 Å². The van der Waals surface area contributed by atoms with Gasteiger partial charge >= 0.3 is 0 Å². The molecule has 0 unspecified atom stereocenters. The molecule has 3 rings (SSSR count). The van der Waals surface area contributed by atoms with Gasteiger partial charge in [-0.2, -0.15) is 0 Å². The van der Waals surface area contributed by atoms with Crippen LogP contribution in [0.3, 0.4) is 0 Å². The lowest BCUT2D eigenvalue weighted by molar-refractivity contribution is -0.124. The van der Waals surface area contributed by atoms with Crippen molar-refractivity contribution in [2.24, 2.45) is 0 Å². The molecule has 0 spiro atoms. The highest BCUT2D eigenvalue weighted by atomic mass is 16.5. The highest BCUT2D eigenvalue weighted by molar-refractivity contribution is 6.07. The van der Waals surface area contributed by atoms with Gasteiger partial charge in [-0.1, -0.05) is 29.3 Å². The van der Waals surface area contributed by atoms with Crippen LogP contribution in [0.5, 0.6) is 11.6 Å². The van der Waals surface area contributed by atoms with Crippen LogP contribution < -0.4 is 15.5 Å². The maximum absolute atomic E-state index is 12.9. The number of aryl methyl sites for hydroxylation is 2. The number of amides is 2. The van der Waals surface area contributed by atoms with Crippen LogP contribution in [0.4, 0.5) is 5.69 Å². The molecule has 0 bridgehead atoms. The van der Waals surface area contributed by atoms with Crippen LogP contribution in [0.1, 0.15) is 27.0 Å². The highest BCUT2D eigenvalue weighted by Crippen LogP contribution is 2.25. The number of benzene rings is 2. The Labute approximate surface area is 174 Å². The molecule has 2 aromatic carbocycles. The zero-order valence-electron chi connectivity index (χ0n) is 16.5. The summed E-state index contributed by atoms with van der Waals surface area (Å²) in [5.41, 5.74) is 4.94. The second-order valence-corrected chi connectivity index (χ2v) is 6.63. The molecule has 0 saturated carbocycles. The third kappa shape index (κ3) is 5.30. The zero-order valence-corrected chi connectivity index (χ0v) is 16.5. The van der Waals surface area contributed by atoms with Crippen molar-refractivity contribution < 1.29 is 19.5 Å². The molecule has 7 nitrogen and oxygen atoms in total. The van der Waals surface area contributed by atoms with E-state index in [2.05, 4.69) is 10.3 Å². The van der Waals surface area contributed by atoms with Gasteiger partial charge in [-0.25, -0.2) is 10.5 Å². The van der Waals surface area contributed by atoms with E-state index < -0.39 is 11.8 Å². The fraction of sp³-hybridized carbons (Fsp3) is 0.0870. The number of ether oxygens (including phenoxy) is 1. The second-order valence-electron chi connectivity index (χ2n) is 6.63. The van der Waals surface area contributed by atoms with Crippen molar-refractivity contribution in [3.8, 4) is 11.6 Å². The Morgan fingerprint density at radius 3 is 2.50 bits per heavy atom. The molecule has 0 aliphatic carbocycles. The molecule has 2 amide bonds. The molecule has 152 valence electrons. The smallest absolute Gasteiger partial charge is 0.267 e. The lowest BCUT2D eigenvalue weighted by Crippen LogP contribution is -2.15. The van der Waals surface area contributed by atoms with E-state index in [1.807, 2.05) is 38.1 Å². The van der Waals surface area contributed by atoms with Gasteiger partial charge in [0.25, 0.3) is 11.8 Å². The molecular formula is C23H21N3O4. The van der Waals surface area contributed by atoms with Crippen LogP contribution in [-0.2, 0) is 4.79 Å². The third-order valence-electron chi connectivity index (χ3n) is 4.23. The van der Waals surface area contributed by atoms with Gasteiger partial charge in [0, 0.05) is 18.0 Å². The second kappa shape index (κ2) is 9.49. The number of aromatic nitrogens is 1. The van der Waals surface area contributed by atoms with Crippen molar-refractivity contribution >= 4 is 23.6 Å². The Hall–Kier alpha value is -3.97. The molecule has 30 heavy (non-hydrogen) atoms. The molecule has 3 N–H and O–H groups in total. The summed E-state index contributed by atoms with van der Waals surface area (Å²) in [6, 6.07) is 16.1. The first-order chi connectivity index (χ1) is 14.5. The van der Waals surface area contributed by atoms with Gasteiger partial charge in [-0.15, -0.1) is 0 Å². The maximum Gasteiger partial charge on any atom is 0.267 e. The van der Waals surface area contributed by atoms with E-state index in [1.54, 1.807) is 36.5 Å². The topological polar surface area (TPSA) is 101 Å². The Balaban J connectivity index is 1.86. The number of nitrogens with one attached hydrogen (secondary N) is 2. The highest BCUT2D eigenvalue weighted by Gasteiger charge is 2.16. The van der Waals surface area contributed by atoms with Gasteiger partial charge < -0.3 is 10.1 Å². The number of carbonyl (C=O) groups is 2. The van der Waals surface area contributed by atoms with Crippen LogP contribution in [0.15, 0.2) is 66.9 Å². The Morgan fingerprint density at radius 2 is 1.77 bits per heavy atom. The van der Waals surface area contributed by atoms with Gasteiger partial charge in [0.1, 0.15) is 11.3 Å². The summed E-state index contributed by atoms with van der Waals surface area (Å²) in [4.78, 5) is 28.4. The van der Waals surface area contributed by atoms with Gasteiger partial charge in [-0.05, 0) is 61.9 Å². The number of pyridine rings is 1. The van der Waals surface area contributed by atoms with E-state index in [4.69, 9.17) is 9.94 Å². The van der Waals surface area contributed by atoms with Crippen molar-refractivity contribution in [3.63, 3.8) is 0 Å². The first kappa shape index (κ1) is 20.8. The molecule has 1 aromatic heterocycles. The lowest BCUT2D eigenvalue weighted by Gasteiger charge is -2.12. The van der Waals surface area contributed by atoms with Crippen molar-refractivity contribution in [2.75, 3.05) is 5.32 Å². The lowest BCUT2D eigenvalue weighted by atomic mass is 10.1. The minimum Gasteiger partial charge on any atom is -0.438 e. The van der Waals surface area contributed by atoms with Crippen LogP contribution in [0, 0.1) is 13.8 Å². The molecule has 0 aliphatic rings. The summed E-state index contributed by atoms with van der Waals surface area (Å²) in [5.74, 6) is -0.324. The molecule has 0 fully saturated rings. The molecule has 0 radical (unpaired) electrons. The third-order valence-corrected chi connectivity index (χ3v) is 4.23. The van der Waals surface area contributed by atoms with Gasteiger partial charge in [0.2, 0.25) is 5.88 Å². The fourth-order valence-electron chi connectivity index (χ4n) is 2.69.